The van der Waals surface area contributed by atoms with Crippen molar-refractivity contribution in [1.82, 2.24) is 0 Å². The van der Waals surface area contributed by atoms with Crippen molar-refractivity contribution in [3.8, 4) is 0 Å². The Morgan fingerprint density at radius 2 is 1.05 bits per heavy atom. The molecule has 2 aromatic carbocycles. The molecule has 0 atom stereocenters. The third-order valence-electron chi connectivity index (χ3n) is 5.02. The van der Waals surface area contributed by atoms with Crippen molar-refractivity contribution in [3.63, 3.8) is 0 Å². The van der Waals surface area contributed by atoms with Crippen LogP contribution in [0.5, 0.6) is 0 Å². The number of aryl methyl sites for hydroxylation is 1. The smallest absolute Gasteiger partial charge is 0.172 e. The molecule has 3 aliphatic carbocycles. The monoisotopic (exact) mass is 270 g/mol. The lowest BCUT2D eigenvalue weighted by Crippen LogP contribution is -2.34. The van der Waals surface area contributed by atoms with E-state index in [4.69, 9.17) is 0 Å². The van der Waals surface area contributed by atoms with Crippen LogP contribution in [0.15, 0.2) is 67.0 Å². The predicted molar refractivity (Wildman–Crippen MR) is 82.4 cm³/mol. The lowest BCUT2D eigenvalue weighted by atomic mass is 9.61. The van der Waals surface area contributed by atoms with Crippen LogP contribution in [0.4, 0.5) is 0 Å². The molecular weight excluding hydrogens is 254 g/mol. The van der Waals surface area contributed by atoms with Crippen LogP contribution < -0.4 is 4.57 Å². The van der Waals surface area contributed by atoms with E-state index >= 15 is 0 Å². The van der Waals surface area contributed by atoms with E-state index in [9.17, 15) is 0 Å². The van der Waals surface area contributed by atoms with Crippen molar-refractivity contribution >= 4 is 0 Å². The maximum Gasteiger partial charge on any atom is 0.172 e. The van der Waals surface area contributed by atoms with Crippen molar-refractivity contribution in [1.29, 1.82) is 0 Å². The largest absolute Gasteiger partial charge is 0.207 e. The van der Waals surface area contributed by atoms with E-state index in [2.05, 4.69) is 78.6 Å². The van der Waals surface area contributed by atoms with Gasteiger partial charge in [0.15, 0.2) is 12.4 Å². The fourth-order valence-corrected chi connectivity index (χ4v) is 4.21. The van der Waals surface area contributed by atoms with E-state index in [1.165, 1.54) is 33.4 Å². The number of pyridine rings is 1. The zero-order valence-electron chi connectivity index (χ0n) is 12.0. The Balaban J connectivity index is 1.92. The van der Waals surface area contributed by atoms with Crippen LogP contribution >= 0.6 is 0 Å². The molecule has 3 aromatic rings. The van der Waals surface area contributed by atoms with E-state index < -0.39 is 0 Å². The second-order valence-electron chi connectivity index (χ2n) is 6.14. The Kier molecular flexibility index (Phi) is 2.05. The number of nitrogens with zero attached hydrogens (tertiary/aromatic N) is 1. The van der Waals surface area contributed by atoms with Crippen molar-refractivity contribution in [3.05, 3.63) is 100 Å². The van der Waals surface area contributed by atoms with Crippen LogP contribution in [0.1, 0.15) is 45.2 Å². The number of hydrogen-bond acceptors (Lipinski definition) is 0. The highest BCUT2D eigenvalue weighted by Crippen LogP contribution is 2.54. The molecular formula is C20H16N+. The topological polar surface area (TPSA) is 3.88 Å². The Morgan fingerprint density at radius 1 is 0.619 bits per heavy atom. The molecule has 1 aromatic heterocycles. The van der Waals surface area contributed by atoms with E-state index in [0.29, 0.717) is 11.8 Å². The van der Waals surface area contributed by atoms with Crippen molar-refractivity contribution in [2.45, 2.75) is 11.8 Å². The molecule has 0 aliphatic heterocycles. The van der Waals surface area contributed by atoms with Crippen LogP contribution in [0, 0.1) is 0 Å². The molecule has 0 amide bonds. The Bertz CT molecular complexity index is 831. The fraction of sp³-hybridized carbons (Fsp3) is 0.150. The van der Waals surface area contributed by atoms with E-state index in [1.54, 1.807) is 0 Å². The third kappa shape index (κ3) is 1.33. The van der Waals surface area contributed by atoms with Crippen LogP contribution in [0.25, 0.3) is 0 Å². The zero-order chi connectivity index (χ0) is 14.0. The molecule has 1 nitrogen and oxygen atoms in total. The molecule has 6 rings (SSSR count). The summed E-state index contributed by atoms with van der Waals surface area (Å²) in [5, 5.41) is 0. The SMILES string of the molecule is C[n+]1ccc2c(c1)C1c3ccccc3C2c2ccccc21. The summed E-state index contributed by atoms with van der Waals surface area (Å²) in [5.74, 6) is 0.795. The average Bonchev–Trinajstić information content (AvgIpc) is 2.54. The first-order valence-electron chi connectivity index (χ1n) is 7.51. The summed E-state index contributed by atoms with van der Waals surface area (Å²) in [7, 11) is 2.11. The second kappa shape index (κ2) is 3.82. The van der Waals surface area contributed by atoms with Gasteiger partial charge in [0.25, 0.3) is 0 Å². The average molecular weight is 270 g/mol. The lowest BCUT2D eigenvalue weighted by Gasteiger charge is -2.41. The Labute approximate surface area is 124 Å². The lowest BCUT2D eigenvalue weighted by molar-refractivity contribution is -0.672. The van der Waals surface area contributed by atoms with Crippen LogP contribution in [0.3, 0.4) is 0 Å². The van der Waals surface area contributed by atoms with E-state index in [0.717, 1.165) is 0 Å². The highest BCUT2D eigenvalue weighted by atomic mass is 14.9. The number of hydrogen-bond donors (Lipinski definition) is 0. The quantitative estimate of drug-likeness (QED) is 0.379. The molecule has 0 saturated carbocycles. The first-order chi connectivity index (χ1) is 10.3. The van der Waals surface area contributed by atoms with Gasteiger partial charge in [-0.05, 0) is 27.8 Å². The highest BCUT2D eigenvalue weighted by molar-refractivity contribution is 5.66. The van der Waals surface area contributed by atoms with Crippen LogP contribution in [-0.4, -0.2) is 0 Å². The van der Waals surface area contributed by atoms with Gasteiger partial charge in [-0.15, -0.1) is 0 Å². The minimum Gasteiger partial charge on any atom is -0.207 e. The Morgan fingerprint density at radius 3 is 1.57 bits per heavy atom. The summed E-state index contributed by atoms with van der Waals surface area (Å²) in [4.78, 5) is 0. The molecule has 0 saturated heterocycles. The van der Waals surface area contributed by atoms with Gasteiger partial charge in [-0.3, -0.25) is 0 Å². The fourth-order valence-electron chi connectivity index (χ4n) is 4.21. The normalized spacial score (nSPS) is 20.6. The van der Waals surface area contributed by atoms with Gasteiger partial charge in [0.05, 0.1) is 0 Å². The molecule has 1 heterocycles. The summed E-state index contributed by atoms with van der Waals surface area (Å²) >= 11 is 0. The first-order valence-corrected chi connectivity index (χ1v) is 7.51. The van der Waals surface area contributed by atoms with Gasteiger partial charge in [0.1, 0.15) is 7.05 Å². The molecule has 0 radical (unpaired) electrons. The second-order valence-corrected chi connectivity index (χ2v) is 6.14. The van der Waals surface area contributed by atoms with E-state index in [-0.39, 0.29) is 0 Å². The number of aromatic nitrogens is 1. The standard InChI is InChI=1S/C20H16N/c1-21-11-10-17-18(12-21)20-15-8-4-2-6-13(15)19(17)14-7-3-5-9-16(14)20/h2-12,19-20H,1H3/q+1. The minimum absolute atomic E-state index is 0.393. The van der Waals surface area contributed by atoms with Gasteiger partial charge in [0.2, 0.25) is 0 Å². The molecule has 100 valence electrons. The van der Waals surface area contributed by atoms with Gasteiger partial charge in [-0.25, -0.2) is 4.57 Å². The molecule has 21 heavy (non-hydrogen) atoms. The van der Waals surface area contributed by atoms with Gasteiger partial charge < -0.3 is 0 Å². The van der Waals surface area contributed by atoms with Crippen molar-refractivity contribution in [2.75, 3.05) is 0 Å². The van der Waals surface area contributed by atoms with Crippen molar-refractivity contribution in [2.24, 2.45) is 7.05 Å². The molecule has 0 unspecified atom stereocenters. The first kappa shape index (κ1) is 11.3. The van der Waals surface area contributed by atoms with Gasteiger partial charge >= 0.3 is 0 Å². The molecule has 1 heteroatoms. The Hall–Kier alpha value is -2.41. The van der Waals surface area contributed by atoms with Crippen LogP contribution in [0.2, 0.25) is 0 Å². The van der Waals surface area contributed by atoms with E-state index in [1.807, 2.05) is 0 Å². The molecule has 3 aliphatic rings. The van der Waals surface area contributed by atoms with Gasteiger partial charge in [0, 0.05) is 23.5 Å². The summed E-state index contributed by atoms with van der Waals surface area (Å²) in [6, 6.07) is 20.2. The summed E-state index contributed by atoms with van der Waals surface area (Å²) in [6.45, 7) is 0. The summed E-state index contributed by atoms with van der Waals surface area (Å²) < 4.78 is 2.17. The predicted octanol–water partition coefficient (Wildman–Crippen LogP) is 3.50. The maximum absolute atomic E-state index is 2.30. The number of benzene rings is 2. The highest BCUT2D eigenvalue weighted by Gasteiger charge is 2.42. The van der Waals surface area contributed by atoms with Gasteiger partial charge in [-0.1, -0.05) is 48.5 Å². The molecule has 2 bridgehead atoms. The molecule has 0 fully saturated rings. The summed E-state index contributed by atoms with van der Waals surface area (Å²) in [6.07, 6.45) is 4.48. The zero-order valence-corrected chi connectivity index (χ0v) is 12.0. The molecule has 0 spiro atoms. The minimum atomic E-state index is 0.393. The number of rotatable bonds is 0. The van der Waals surface area contributed by atoms with Crippen molar-refractivity contribution < 1.29 is 4.57 Å². The third-order valence-corrected chi connectivity index (χ3v) is 5.02. The summed E-state index contributed by atoms with van der Waals surface area (Å²) in [5.41, 5.74) is 8.91. The van der Waals surface area contributed by atoms with Gasteiger partial charge in [-0.2, -0.15) is 0 Å². The molecule has 0 N–H and O–H groups in total. The van der Waals surface area contributed by atoms with Crippen LogP contribution in [-0.2, 0) is 7.05 Å². The maximum atomic E-state index is 2.30.